The fourth-order valence-corrected chi connectivity index (χ4v) is 2.91. The summed E-state index contributed by atoms with van der Waals surface area (Å²) in [6, 6.07) is 7.64. The van der Waals surface area contributed by atoms with Crippen molar-refractivity contribution in [1.29, 1.82) is 0 Å². The normalized spacial score (nSPS) is 21.9. The van der Waals surface area contributed by atoms with E-state index in [0.717, 1.165) is 37.9 Å². The summed E-state index contributed by atoms with van der Waals surface area (Å²) in [6.07, 6.45) is 4.00. The van der Waals surface area contributed by atoms with Crippen LogP contribution in [0.1, 0.15) is 31.2 Å². The lowest BCUT2D eigenvalue weighted by Crippen LogP contribution is -2.34. The van der Waals surface area contributed by atoms with Crippen LogP contribution in [0.3, 0.4) is 0 Å². The Bertz CT molecular complexity index is 479. The van der Waals surface area contributed by atoms with E-state index in [9.17, 15) is 9.90 Å². The molecule has 0 radical (unpaired) electrons. The Kier molecular flexibility index (Phi) is 3.92. The summed E-state index contributed by atoms with van der Waals surface area (Å²) >= 11 is 0. The van der Waals surface area contributed by atoms with E-state index in [4.69, 9.17) is 0 Å². The monoisotopic (exact) mass is 274 g/mol. The van der Waals surface area contributed by atoms with Gasteiger partial charge in [0, 0.05) is 19.0 Å². The van der Waals surface area contributed by atoms with Crippen LogP contribution in [-0.4, -0.2) is 35.0 Å². The molecule has 1 saturated heterocycles. The van der Waals surface area contributed by atoms with Crippen LogP contribution < -0.4 is 5.32 Å². The van der Waals surface area contributed by atoms with Gasteiger partial charge in [0.25, 0.3) is 0 Å². The highest BCUT2D eigenvalue weighted by Gasteiger charge is 2.33. The number of nitrogens with one attached hydrogen (secondary N) is 1. The molecular formula is C16H22N2O2. The molecule has 0 bridgehead atoms. The van der Waals surface area contributed by atoms with Crippen molar-refractivity contribution in [3.63, 3.8) is 0 Å². The number of benzene rings is 1. The maximum Gasteiger partial charge on any atom is 0.223 e. The molecule has 4 nitrogen and oxygen atoms in total. The SMILES string of the molecule is O=C(CC1CCNC1)N(Cc1cccc(O)c1)C1CC1. The van der Waals surface area contributed by atoms with E-state index in [1.165, 1.54) is 0 Å². The third kappa shape index (κ3) is 3.31. The number of phenolic OH excluding ortho intramolecular Hbond substituents is 1. The fraction of sp³-hybridized carbons (Fsp3) is 0.562. The fourth-order valence-electron chi connectivity index (χ4n) is 2.91. The Morgan fingerprint density at radius 2 is 2.20 bits per heavy atom. The van der Waals surface area contributed by atoms with E-state index >= 15 is 0 Å². The molecule has 1 aliphatic carbocycles. The van der Waals surface area contributed by atoms with E-state index in [-0.39, 0.29) is 11.7 Å². The molecule has 1 amide bonds. The molecule has 0 aromatic heterocycles. The molecule has 2 fully saturated rings. The molecule has 108 valence electrons. The standard InChI is InChI=1S/C16H22N2O2/c19-15-3-1-2-13(8-15)11-18(14-4-5-14)16(20)9-12-6-7-17-10-12/h1-3,8,12,14,17,19H,4-7,9-11H2. The van der Waals surface area contributed by atoms with E-state index in [0.29, 0.717) is 24.9 Å². The number of nitrogens with zero attached hydrogens (tertiary/aromatic N) is 1. The minimum absolute atomic E-state index is 0.268. The second kappa shape index (κ2) is 5.83. The lowest BCUT2D eigenvalue weighted by molar-refractivity contribution is -0.133. The molecule has 20 heavy (non-hydrogen) atoms. The molecule has 1 heterocycles. The molecule has 0 spiro atoms. The Morgan fingerprint density at radius 1 is 1.35 bits per heavy atom. The minimum Gasteiger partial charge on any atom is -0.508 e. The Labute approximate surface area is 119 Å². The van der Waals surface area contributed by atoms with Crippen molar-refractivity contribution >= 4 is 5.91 Å². The highest BCUT2D eigenvalue weighted by atomic mass is 16.3. The van der Waals surface area contributed by atoms with E-state index < -0.39 is 0 Å². The first-order valence-electron chi connectivity index (χ1n) is 7.50. The van der Waals surface area contributed by atoms with Crippen LogP contribution in [0.2, 0.25) is 0 Å². The Balaban J connectivity index is 1.64. The molecule has 1 aromatic carbocycles. The van der Waals surface area contributed by atoms with E-state index in [1.54, 1.807) is 12.1 Å². The smallest absolute Gasteiger partial charge is 0.223 e. The Morgan fingerprint density at radius 3 is 2.85 bits per heavy atom. The summed E-state index contributed by atoms with van der Waals surface area (Å²) in [5, 5.41) is 12.9. The summed E-state index contributed by atoms with van der Waals surface area (Å²) in [7, 11) is 0. The van der Waals surface area contributed by atoms with Gasteiger partial charge in [-0.2, -0.15) is 0 Å². The lowest BCUT2D eigenvalue weighted by Gasteiger charge is -2.24. The summed E-state index contributed by atoms with van der Waals surface area (Å²) in [5.41, 5.74) is 1.01. The quantitative estimate of drug-likeness (QED) is 0.862. The van der Waals surface area contributed by atoms with Crippen molar-refractivity contribution in [3.05, 3.63) is 29.8 Å². The van der Waals surface area contributed by atoms with Crippen molar-refractivity contribution in [3.8, 4) is 5.75 Å². The van der Waals surface area contributed by atoms with Gasteiger partial charge in [-0.25, -0.2) is 0 Å². The molecule has 3 rings (SSSR count). The van der Waals surface area contributed by atoms with Gasteiger partial charge in [-0.05, 0) is 56.0 Å². The van der Waals surface area contributed by atoms with Crippen LogP contribution in [-0.2, 0) is 11.3 Å². The molecule has 1 aliphatic heterocycles. The number of carbonyl (C=O) groups is 1. The molecule has 1 aromatic rings. The summed E-state index contributed by atoms with van der Waals surface area (Å²) in [6.45, 7) is 2.63. The minimum atomic E-state index is 0.268. The van der Waals surface area contributed by atoms with Crippen molar-refractivity contribution in [2.75, 3.05) is 13.1 Å². The average molecular weight is 274 g/mol. The first kappa shape index (κ1) is 13.4. The highest BCUT2D eigenvalue weighted by molar-refractivity contribution is 5.77. The molecule has 4 heteroatoms. The predicted octanol–water partition coefficient (Wildman–Crippen LogP) is 1.88. The van der Waals surface area contributed by atoms with Gasteiger partial charge in [0.1, 0.15) is 5.75 Å². The lowest BCUT2D eigenvalue weighted by atomic mass is 10.0. The van der Waals surface area contributed by atoms with Crippen LogP contribution in [0.25, 0.3) is 0 Å². The van der Waals surface area contributed by atoms with Gasteiger partial charge in [-0.1, -0.05) is 12.1 Å². The average Bonchev–Trinajstić information content (AvgIpc) is 3.14. The number of hydrogen-bond donors (Lipinski definition) is 2. The summed E-state index contributed by atoms with van der Waals surface area (Å²) in [5.74, 6) is 1.03. The van der Waals surface area contributed by atoms with Crippen molar-refractivity contribution < 1.29 is 9.90 Å². The first-order valence-corrected chi connectivity index (χ1v) is 7.50. The highest BCUT2D eigenvalue weighted by Crippen LogP contribution is 2.30. The third-order valence-electron chi connectivity index (χ3n) is 4.20. The topological polar surface area (TPSA) is 52.6 Å². The van der Waals surface area contributed by atoms with Crippen molar-refractivity contribution in [2.45, 2.75) is 38.3 Å². The summed E-state index contributed by atoms with van der Waals surface area (Å²) < 4.78 is 0. The number of hydrogen-bond acceptors (Lipinski definition) is 3. The number of amides is 1. The number of carbonyl (C=O) groups excluding carboxylic acids is 1. The third-order valence-corrected chi connectivity index (χ3v) is 4.20. The van der Waals surface area contributed by atoms with Crippen LogP contribution in [0.5, 0.6) is 5.75 Å². The maximum atomic E-state index is 12.5. The molecule has 1 unspecified atom stereocenters. The largest absolute Gasteiger partial charge is 0.508 e. The van der Waals surface area contributed by atoms with Gasteiger partial charge in [-0.3, -0.25) is 4.79 Å². The first-order chi connectivity index (χ1) is 9.72. The van der Waals surface area contributed by atoms with Crippen LogP contribution in [0.4, 0.5) is 0 Å². The van der Waals surface area contributed by atoms with E-state index in [1.807, 2.05) is 17.0 Å². The molecule has 1 saturated carbocycles. The Hall–Kier alpha value is -1.55. The van der Waals surface area contributed by atoms with Crippen molar-refractivity contribution in [1.82, 2.24) is 10.2 Å². The zero-order chi connectivity index (χ0) is 13.9. The number of aromatic hydroxyl groups is 1. The predicted molar refractivity (Wildman–Crippen MR) is 77.3 cm³/mol. The van der Waals surface area contributed by atoms with Gasteiger partial charge in [0.15, 0.2) is 0 Å². The van der Waals surface area contributed by atoms with E-state index in [2.05, 4.69) is 5.32 Å². The van der Waals surface area contributed by atoms with Gasteiger partial charge in [0.05, 0.1) is 0 Å². The zero-order valence-corrected chi connectivity index (χ0v) is 11.7. The van der Waals surface area contributed by atoms with Crippen LogP contribution >= 0.6 is 0 Å². The zero-order valence-electron chi connectivity index (χ0n) is 11.7. The van der Waals surface area contributed by atoms with Gasteiger partial charge in [-0.15, -0.1) is 0 Å². The van der Waals surface area contributed by atoms with Crippen LogP contribution in [0, 0.1) is 5.92 Å². The molecule has 1 atom stereocenters. The van der Waals surface area contributed by atoms with Crippen molar-refractivity contribution in [2.24, 2.45) is 5.92 Å². The van der Waals surface area contributed by atoms with Crippen LogP contribution in [0.15, 0.2) is 24.3 Å². The molecule has 2 aliphatic rings. The molecular weight excluding hydrogens is 252 g/mol. The second-order valence-electron chi connectivity index (χ2n) is 5.99. The second-order valence-corrected chi connectivity index (χ2v) is 5.99. The molecule has 2 N–H and O–H groups in total. The van der Waals surface area contributed by atoms with Gasteiger partial charge >= 0.3 is 0 Å². The number of phenols is 1. The summed E-state index contributed by atoms with van der Waals surface area (Å²) in [4.78, 5) is 14.5. The number of rotatable bonds is 5. The maximum absolute atomic E-state index is 12.5. The van der Waals surface area contributed by atoms with Gasteiger partial charge in [0.2, 0.25) is 5.91 Å². The van der Waals surface area contributed by atoms with Gasteiger partial charge < -0.3 is 15.3 Å².